The number of hydrogen-bond donors (Lipinski definition) is 1. The van der Waals surface area contributed by atoms with Crippen LogP contribution in [0, 0.1) is 12.3 Å². The van der Waals surface area contributed by atoms with Gasteiger partial charge in [-0.25, -0.2) is 4.98 Å². The van der Waals surface area contributed by atoms with Crippen LogP contribution in [0.25, 0.3) is 0 Å². The van der Waals surface area contributed by atoms with Crippen LogP contribution in [0.1, 0.15) is 19.7 Å². The molecule has 1 heterocycles. The fourth-order valence-corrected chi connectivity index (χ4v) is 2.64. The second kappa shape index (κ2) is 4.66. The van der Waals surface area contributed by atoms with Crippen LogP contribution in [-0.2, 0) is 0 Å². The summed E-state index contributed by atoms with van der Waals surface area (Å²) in [5, 5.41) is 0. The van der Waals surface area contributed by atoms with Gasteiger partial charge in [-0.15, -0.1) is 0 Å². The summed E-state index contributed by atoms with van der Waals surface area (Å²) in [7, 11) is 0. The van der Waals surface area contributed by atoms with Gasteiger partial charge in [0.15, 0.2) is 4.34 Å². The van der Waals surface area contributed by atoms with E-state index in [0.29, 0.717) is 0 Å². The molecule has 1 aromatic rings. The van der Waals surface area contributed by atoms with Gasteiger partial charge in [-0.2, -0.15) is 17.0 Å². The zero-order valence-corrected chi connectivity index (χ0v) is 10.6. The number of nitrogens with zero attached hydrogens (tertiary/aromatic N) is 2. The van der Waals surface area contributed by atoms with Crippen molar-refractivity contribution in [2.45, 2.75) is 25.1 Å². The van der Waals surface area contributed by atoms with E-state index in [4.69, 9.17) is 0 Å². The molecule has 0 N–H and O–H groups in total. The Hall–Kier alpha value is 0.260. The molecule has 1 aromatic heterocycles. The van der Waals surface area contributed by atoms with Gasteiger partial charge in [-0.1, -0.05) is 25.6 Å². The number of rotatable bonds is 4. The Kier molecular flexibility index (Phi) is 4.06. The van der Waals surface area contributed by atoms with Crippen LogP contribution in [0.4, 0.5) is 0 Å². The summed E-state index contributed by atoms with van der Waals surface area (Å²) in [5.41, 5.74) is 0.271. The predicted octanol–water partition coefficient (Wildman–Crippen LogP) is 2.89. The van der Waals surface area contributed by atoms with E-state index in [1.807, 2.05) is 6.92 Å². The summed E-state index contributed by atoms with van der Waals surface area (Å²) < 4.78 is 5.20. The monoisotopic (exact) mass is 234 g/mol. The normalized spacial score (nSPS) is 12.0. The van der Waals surface area contributed by atoms with Crippen LogP contribution >= 0.6 is 35.9 Å². The van der Waals surface area contributed by atoms with E-state index in [-0.39, 0.29) is 5.41 Å². The van der Waals surface area contributed by atoms with Crippen molar-refractivity contribution in [3.05, 3.63) is 5.82 Å². The Balaban J connectivity index is 2.43. The highest BCUT2D eigenvalue weighted by Crippen LogP contribution is 2.29. The number of thioether (sulfide) groups is 1. The van der Waals surface area contributed by atoms with E-state index in [2.05, 4.69) is 35.8 Å². The minimum Gasteiger partial charge on any atom is -0.213 e. The van der Waals surface area contributed by atoms with Gasteiger partial charge >= 0.3 is 0 Å². The minimum absolute atomic E-state index is 0.271. The summed E-state index contributed by atoms with van der Waals surface area (Å²) >= 11 is 7.55. The van der Waals surface area contributed by atoms with E-state index in [1.54, 1.807) is 11.8 Å². The Bertz CT molecular complexity index is 270. The second-order valence-corrected chi connectivity index (χ2v) is 6.01. The van der Waals surface area contributed by atoms with Crippen molar-refractivity contribution in [3.63, 3.8) is 0 Å². The zero-order chi connectivity index (χ0) is 9.90. The molecule has 0 saturated heterocycles. The molecule has 0 aliphatic rings. The SMILES string of the molecule is Cc1nsc(SCC(C)(C)CS)n1. The minimum atomic E-state index is 0.271. The molecule has 0 radical (unpaired) electrons. The molecular weight excluding hydrogens is 220 g/mol. The highest BCUT2D eigenvalue weighted by atomic mass is 32.2. The van der Waals surface area contributed by atoms with Crippen molar-refractivity contribution in [2.75, 3.05) is 11.5 Å². The van der Waals surface area contributed by atoms with E-state index >= 15 is 0 Å². The standard InChI is InChI=1S/C8H14N2S3/c1-6-9-7(13-10-6)12-5-8(2,3)4-11/h11H,4-5H2,1-3H3. The maximum atomic E-state index is 4.31. The molecule has 13 heavy (non-hydrogen) atoms. The van der Waals surface area contributed by atoms with Gasteiger partial charge < -0.3 is 0 Å². The Labute approximate surface area is 93.1 Å². The third kappa shape index (κ3) is 3.87. The van der Waals surface area contributed by atoms with Crippen LogP contribution in [0.15, 0.2) is 4.34 Å². The summed E-state index contributed by atoms with van der Waals surface area (Å²) in [5.74, 6) is 2.82. The molecule has 74 valence electrons. The summed E-state index contributed by atoms with van der Waals surface area (Å²) in [6, 6.07) is 0. The number of aryl methyl sites for hydroxylation is 1. The first-order chi connectivity index (χ1) is 6.03. The van der Waals surface area contributed by atoms with Gasteiger partial charge in [0.05, 0.1) is 0 Å². The van der Waals surface area contributed by atoms with Gasteiger partial charge in [-0.05, 0) is 29.6 Å². The van der Waals surface area contributed by atoms with Gasteiger partial charge in [0, 0.05) is 5.75 Å². The molecule has 1 rings (SSSR count). The van der Waals surface area contributed by atoms with Gasteiger partial charge in [0.1, 0.15) is 5.82 Å². The fraction of sp³-hybridized carbons (Fsp3) is 0.750. The molecule has 2 nitrogen and oxygen atoms in total. The summed E-state index contributed by atoms with van der Waals surface area (Å²) in [4.78, 5) is 4.29. The Morgan fingerprint density at radius 3 is 2.69 bits per heavy atom. The quantitative estimate of drug-likeness (QED) is 0.641. The molecule has 0 saturated carbocycles. The lowest BCUT2D eigenvalue weighted by Gasteiger charge is -2.19. The Morgan fingerprint density at radius 1 is 1.54 bits per heavy atom. The average Bonchev–Trinajstić information content (AvgIpc) is 2.48. The van der Waals surface area contributed by atoms with Crippen LogP contribution in [0.5, 0.6) is 0 Å². The van der Waals surface area contributed by atoms with Gasteiger partial charge in [-0.3, -0.25) is 0 Å². The van der Waals surface area contributed by atoms with Crippen molar-refractivity contribution in [3.8, 4) is 0 Å². The first-order valence-electron chi connectivity index (χ1n) is 4.07. The number of hydrogen-bond acceptors (Lipinski definition) is 5. The van der Waals surface area contributed by atoms with Crippen molar-refractivity contribution in [1.29, 1.82) is 0 Å². The van der Waals surface area contributed by atoms with Crippen LogP contribution in [0.3, 0.4) is 0 Å². The molecule has 5 heteroatoms. The molecule has 0 aliphatic carbocycles. The van der Waals surface area contributed by atoms with Crippen molar-refractivity contribution >= 4 is 35.9 Å². The van der Waals surface area contributed by atoms with E-state index in [9.17, 15) is 0 Å². The predicted molar refractivity (Wildman–Crippen MR) is 63.0 cm³/mol. The molecule has 0 aliphatic heterocycles. The number of aromatic nitrogens is 2. The summed E-state index contributed by atoms with van der Waals surface area (Å²) in [6.07, 6.45) is 0. The third-order valence-corrected chi connectivity index (χ3v) is 4.82. The molecule has 0 bridgehead atoms. The molecular formula is C8H14N2S3. The largest absolute Gasteiger partial charge is 0.213 e. The lowest BCUT2D eigenvalue weighted by molar-refractivity contribution is 0.493. The van der Waals surface area contributed by atoms with E-state index < -0.39 is 0 Å². The third-order valence-electron chi connectivity index (χ3n) is 1.52. The van der Waals surface area contributed by atoms with Crippen molar-refractivity contribution in [2.24, 2.45) is 5.41 Å². The van der Waals surface area contributed by atoms with Crippen molar-refractivity contribution < 1.29 is 0 Å². The lowest BCUT2D eigenvalue weighted by atomic mass is 10.0. The molecule has 0 spiro atoms. The smallest absolute Gasteiger partial charge is 0.170 e. The molecule has 0 fully saturated rings. The van der Waals surface area contributed by atoms with E-state index in [0.717, 1.165) is 21.7 Å². The Morgan fingerprint density at radius 2 is 2.23 bits per heavy atom. The maximum Gasteiger partial charge on any atom is 0.170 e. The average molecular weight is 234 g/mol. The van der Waals surface area contributed by atoms with Crippen LogP contribution in [0.2, 0.25) is 0 Å². The fourth-order valence-electron chi connectivity index (χ4n) is 0.639. The first-order valence-corrected chi connectivity index (χ1v) is 6.47. The highest BCUT2D eigenvalue weighted by molar-refractivity contribution is 8.01. The first kappa shape index (κ1) is 11.3. The van der Waals surface area contributed by atoms with Crippen LogP contribution in [-0.4, -0.2) is 20.9 Å². The second-order valence-electron chi connectivity index (χ2n) is 3.72. The highest BCUT2D eigenvalue weighted by Gasteiger charge is 2.16. The number of thiol groups is 1. The van der Waals surface area contributed by atoms with Crippen LogP contribution < -0.4 is 0 Å². The topological polar surface area (TPSA) is 25.8 Å². The molecule has 0 atom stereocenters. The van der Waals surface area contributed by atoms with E-state index in [1.165, 1.54) is 11.5 Å². The lowest BCUT2D eigenvalue weighted by Crippen LogP contribution is -2.16. The molecule has 0 aromatic carbocycles. The molecule has 0 amide bonds. The maximum absolute atomic E-state index is 4.31. The summed E-state index contributed by atoms with van der Waals surface area (Å²) in [6.45, 7) is 6.34. The van der Waals surface area contributed by atoms with Gasteiger partial charge in [0.25, 0.3) is 0 Å². The van der Waals surface area contributed by atoms with Crippen molar-refractivity contribution in [1.82, 2.24) is 9.36 Å². The van der Waals surface area contributed by atoms with Gasteiger partial charge in [0.2, 0.25) is 0 Å². The zero-order valence-electron chi connectivity index (χ0n) is 8.07. The molecule has 0 unspecified atom stereocenters.